The molecule has 178 valence electrons. The summed E-state index contributed by atoms with van der Waals surface area (Å²) in [5.74, 6) is 2.09. The summed E-state index contributed by atoms with van der Waals surface area (Å²) in [6.45, 7) is 5.97. The summed E-state index contributed by atoms with van der Waals surface area (Å²) in [4.78, 5) is 0. The number of benzene rings is 2. The van der Waals surface area contributed by atoms with Gasteiger partial charge in [-0.05, 0) is 79.0 Å². The number of nitrogens with one attached hydrogen (secondary N) is 1. The van der Waals surface area contributed by atoms with Crippen LogP contribution in [0, 0.1) is 16.7 Å². The summed E-state index contributed by atoms with van der Waals surface area (Å²) in [6, 6.07) is 9.25. The zero-order valence-electron chi connectivity index (χ0n) is 19.6. The van der Waals surface area contributed by atoms with Gasteiger partial charge in [-0.3, -0.25) is 0 Å². The predicted molar refractivity (Wildman–Crippen MR) is 136 cm³/mol. The van der Waals surface area contributed by atoms with Crippen LogP contribution in [0.25, 0.3) is 0 Å². The van der Waals surface area contributed by atoms with Gasteiger partial charge in [-0.1, -0.05) is 54.7 Å². The molecular formula is C27H32Cl3NO2. The molecule has 3 nitrogen and oxygen atoms in total. The lowest BCUT2D eigenvalue weighted by atomic mass is 9.43. The van der Waals surface area contributed by atoms with Crippen molar-refractivity contribution >= 4 is 34.8 Å². The second-order valence-electron chi connectivity index (χ2n) is 11.3. The van der Waals surface area contributed by atoms with Crippen LogP contribution >= 0.6 is 34.8 Å². The molecule has 6 heteroatoms. The zero-order valence-corrected chi connectivity index (χ0v) is 21.8. The van der Waals surface area contributed by atoms with Crippen LogP contribution in [-0.2, 0) is 13.2 Å². The molecular weight excluding hydrogens is 477 g/mol. The Morgan fingerprint density at radius 1 is 0.909 bits per heavy atom. The summed E-state index contributed by atoms with van der Waals surface area (Å²) in [6.07, 6.45) is 7.97. The van der Waals surface area contributed by atoms with Gasteiger partial charge >= 0.3 is 0 Å². The topological polar surface area (TPSA) is 30.5 Å². The van der Waals surface area contributed by atoms with Crippen molar-refractivity contribution in [2.75, 3.05) is 7.11 Å². The molecule has 0 amide bonds. The number of halogens is 3. The van der Waals surface area contributed by atoms with E-state index in [-0.39, 0.29) is 12.1 Å². The van der Waals surface area contributed by atoms with E-state index in [2.05, 4.69) is 19.2 Å². The van der Waals surface area contributed by atoms with Crippen molar-refractivity contribution in [3.63, 3.8) is 0 Å². The van der Waals surface area contributed by atoms with Crippen molar-refractivity contribution in [1.29, 1.82) is 0 Å². The molecule has 2 aromatic carbocycles. The fourth-order valence-electron chi connectivity index (χ4n) is 7.73. The molecule has 0 saturated heterocycles. The first-order chi connectivity index (χ1) is 15.6. The minimum Gasteiger partial charge on any atom is -0.493 e. The van der Waals surface area contributed by atoms with Crippen LogP contribution in [0.3, 0.4) is 0 Å². The highest BCUT2D eigenvalue weighted by atomic mass is 35.5. The lowest BCUT2D eigenvalue weighted by Crippen LogP contribution is -2.63. The maximum atomic E-state index is 6.72. The van der Waals surface area contributed by atoms with E-state index >= 15 is 0 Å². The van der Waals surface area contributed by atoms with E-state index in [1.54, 1.807) is 19.2 Å². The van der Waals surface area contributed by atoms with E-state index in [0.717, 1.165) is 23.6 Å². The van der Waals surface area contributed by atoms with Crippen molar-refractivity contribution in [1.82, 2.24) is 5.32 Å². The Morgan fingerprint density at radius 2 is 1.58 bits per heavy atom. The Hall–Kier alpha value is -1.13. The Balaban J connectivity index is 1.32. The monoisotopic (exact) mass is 507 g/mol. The largest absolute Gasteiger partial charge is 0.493 e. The van der Waals surface area contributed by atoms with Crippen LogP contribution in [0.2, 0.25) is 15.1 Å². The summed E-state index contributed by atoms with van der Waals surface area (Å²) in [7, 11) is 1.65. The number of rotatable bonds is 7. The van der Waals surface area contributed by atoms with E-state index in [9.17, 15) is 0 Å². The van der Waals surface area contributed by atoms with E-state index in [1.807, 2.05) is 18.2 Å². The normalized spacial score (nSPS) is 32.2. The molecule has 1 N–H and O–H groups in total. The van der Waals surface area contributed by atoms with Crippen molar-refractivity contribution in [3.8, 4) is 11.5 Å². The fraction of sp³-hybridized carbons (Fsp3) is 0.556. The van der Waals surface area contributed by atoms with Crippen LogP contribution in [0.4, 0.5) is 0 Å². The van der Waals surface area contributed by atoms with E-state index in [1.165, 1.54) is 38.5 Å². The molecule has 0 radical (unpaired) electrons. The van der Waals surface area contributed by atoms with Gasteiger partial charge in [0.2, 0.25) is 0 Å². The van der Waals surface area contributed by atoms with Crippen LogP contribution in [0.5, 0.6) is 11.5 Å². The minimum atomic E-state index is 0.218. The molecule has 4 aliphatic carbocycles. The molecule has 4 bridgehead atoms. The van der Waals surface area contributed by atoms with Gasteiger partial charge in [-0.25, -0.2) is 0 Å². The van der Waals surface area contributed by atoms with Gasteiger partial charge in [0.15, 0.2) is 11.5 Å². The van der Waals surface area contributed by atoms with Crippen LogP contribution in [0.15, 0.2) is 30.3 Å². The van der Waals surface area contributed by atoms with E-state index in [0.29, 0.717) is 37.4 Å². The van der Waals surface area contributed by atoms with Gasteiger partial charge in [0.25, 0.3) is 0 Å². The Morgan fingerprint density at radius 3 is 2.18 bits per heavy atom. The number of ether oxygens (including phenoxy) is 2. The van der Waals surface area contributed by atoms with Gasteiger partial charge in [-0.2, -0.15) is 0 Å². The lowest BCUT2D eigenvalue weighted by Gasteiger charge is -2.65. The van der Waals surface area contributed by atoms with Crippen molar-refractivity contribution < 1.29 is 9.47 Å². The highest BCUT2D eigenvalue weighted by molar-refractivity contribution is 6.36. The third kappa shape index (κ3) is 4.59. The van der Waals surface area contributed by atoms with Gasteiger partial charge in [0.05, 0.1) is 7.11 Å². The number of hydrogen-bond acceptors (Lipinski definition) is 3. The highest BCUT2D eigenvalue weighted by Gasteiger charge is 2.59. The van der Waals surface area contributed by atoms with Crippen molar-refractivity contribution in [2.45, 2.75) is 71.1 Å². The van der Waals surface area contributed by atoms with E-state index < -0.39 is 0 Å². The predicted octanol–water partition coefficient (Wildman–Crippen LogP) is 8.07. The molecule has 4 fully saturated rings. The molecule has 2 unspecified atom stereocenters. The van der Waals surface area contributed by atoms with Gasteiger partial charge < -0.3 is 14.8 Å². The Kier molecular flexibility index (Phi) is 6.09. The molecule has 4 aliphatic rings. The third-order valence-electron chi connectivity index (χ3n) is 8.05. The molecule has 0 heterocycles. The summed E-state index contributed by atoms with van der Waals surface area (Å²) in [5, 5.41) is 5.79. The van der Waals surface area contributed by atoms with Crippen LogP contribution in [-0.4, -0.2) is 12.6 Å². The highest BCUT2D eigenvalue weighted by Crippen LogP contribution is 2.66. The smallest absolute Gasteiger partial charge is 0.163 e. The molecule has 2 atom stereocenters. The van der Waals surface area contributed by atoms with Crippen molar-refractivity contribution in [3.05, 3.63) is 56.5 Å². The minimum absolute atomic E-state index is 0.218. The van der Waals surface area contributed by atoms with Crippen LogP contribution < -0.4 is 14.8 Å². The first kappa shape index (κ1) is 23.6. The summed E-state index contributed by atoms with van der Waals surface area (Å²) < 4.78 is 11.7. The standard InChI is InChI=1S/C27H32Cl3NO2/c1-25-9-17-10-26(2,14-25)16-27(11-17,15-25)31-12-18-7-23(32-3)24(8-22(18)30)33-13-19-20(28)5-4-6-21(19)29/h4-8,17,31H,9-16H2,1-3H3. The number of hydrogen-bond donors (Lipinski definition) is 1. The first-order valence-electron chi connectivity index (χ1n) is 11.8. The Labute approximate surface area is 212 Å². The first-order valence-corrected chi connectivity index (χ1v) is 12.9. The molecule has 4 saturated carbocycles. The lowest BCUT2D eigenvalue weighted by molar-refractivity contribution is -0.118. The van der Waals surface area contributed by atoms with E-state index in [4.69, 9.17) is 44.3 Å². The van der Waals surface area contributed by atoms with Crippen LogP contribution in [0.1, 0.15) is 63.5 Å². The second kappa shape index (κ2) is 8.52. The number of methoxy groups -OCH3 is 1. The fourth-order valence-corrected chi connectivity index (χ4v) is 8.46. The molecule has 0 aliphatic heterocycles. The molecule has 33 heavy (non-hydrogen) atoms. The summed E-state index contributed by atoms with van der Waals surface area (Å²) in [5.41, 5.74) is 2.94. The zero-order chi connectivity index (χ0) is 23.4. The molecule has 0 spiro atoms. The van der Waals surface area contributed by atoms with Gasteiger partial charge in [0.1, 0.15) is 6.61 Å². The maximum absolute atomic E-state index is 6.72. The Bertz CT molecular complexity index is 1030. The van der Waals surface area contributed by atoms with Gasteiger partial charge in [-0.15, -0.1) is 0 Å². The quantitative estimate of drug-likeness (QED) is 0.410. The average Bonchev–Trinajstić information content (AvgIpc) is 2.70. The van der Waals surface area contributed by atoms with Crippen molar-refractivity contribution in [2.24, 2.45) is 16.7 Å². The summed E-state index contributed by atoms with van der Waals surface area (Å²) >= 11 is 19.3. The molecule has 6 rings (SSSR count). The average molecular weight is 509 g/mol. The molecule has 0 aromatic heterocycles. The molecule has 2 aromatic rings. The SMILES string of the molecule is COc1cc(CNC23CC4CC(C)(CC(C)(C4)C2)C3)c(Cl)cc1OCc1c(Cl)cccc1Cl. The maximum Gasteiger partial charge on any atom is 0.163 e. The van der Waals surface area contributed by atoms with Gasteiger partial charge in [0, 0.05) is 38.8 Å². The second-order valence-corrected chi connectivity index (χ2v) is 12.6. The third-order valence-corrected chi connectivity index (χ3v) is 9.11.